The molecule has 2 unspecified atom stereocenters. The standard InChI is InChI=1S/C16H26N2O/c1-15(2,3)12-5-4-8-16(19,9-6-12)13-11-18-10-7-14(13)17/h7,10-12,19H,4-6,8-9H2,1-3H3,(H2,17,18). The van der Waals surface area contributed by atoms with E-state index in [0.29, 0.717) is 17.0 Å². The Hall–Kier alpha value is -1.09. The minimum Gasteiger partial charge on any atom is -0.398 e. The van der Waals surface area contributed by atoms with Gasteiger partial charge in [-0.25, -0.2) is 0 Å². The number of rotatable bonds is 1. The zero-order valence-electron chi connectivity index (χ0n) is 12.3. The van der Waals surface area contributed by atoms with Crippen molar-refractivity contribution in [2.75, 3.05) is 5.73 Å². The molecule has 0 saturated heterocycles. The van der Waals surface area contributed by atoms with Crippen molar-refractivity contribution in [1.82, 2.24) is 4.98 Å². The predicted octanol–water partition coefficient (Wildman–Crippen LogP) is 3.48. The van der Waals surface area contributed by atoms with E-state index in [1.54, 1.807) is 18.5 Å². The minimum absolute atomic E-state index is 0.311. The number of aliphatic hydroxyl groups is 1. The number of pyridine rings is 1. The van der Waals surface area contributed by atoms with E-state index in [1.807, 2.05) is 0 Å². The van der Waals surface area contributed by atoms with Crippen LogP contribution < -0.4 is 5.73 Å². The number of nitrogens with zero attached hydrogens (tertiary/aromatic N) is 1. The second kappa shape index (κ2) is 5.12. The molecule has 0 aliphatic heterocycles. The van der Waals surface area contributed by atoms with Gasteiger partial charge in [0.1, 0.15) is 0 Å². The van der Waals surface area contributed by atoms with Gasteiger partial charge in [0, 0.05) is 23.6 Å². The fraction of sp³-hybridized carbons (Fsp3) is 0.688. The average Bonchev–Trinajstić information content (AvgIpc) is 2.52. The van der Waals surface area contributed by atoms with Crippen LogP contribution in [-0.4, -0.2) is 10.1 Å². The maximum absolute atomic E-state index is 11.0. The van der Waals surface area contributed by atoms with Crippen LogP contribution in [0.15, 0.2) is 18.5 Å². The van der Waals surface area contributed by atoms with Crippen LogP contribution in [0, 0.1) is 11.3 Å². The number of anilines is 1. The molecule has 1 fully saturated rings. The van der Waals surface area contributed by atoms with Crippen LogP contribution in [-0.2, 0) is 5.60 Å². The van der Waals surface area contributed by atoms with Crippen LogP contribution in [0.2, 0.25) is 0 Å². The summed E-state index contributed by atoms with van der Waals surface area (Å²) < 4.78 is 0. The molecule has 106 valence electrons. The summed E-state index contributed by atoms with van der Waals surface area (Å²) in [5.41, 5.74) is 6.99. The first-order valence-electron chi connectivity index (χ1n) is 7.25. The van der Waals surface area contributed by atoms with Gasteiger partial charge in [-0.05, 0) is 49.5 Å². The van der Waals surface area contributed by atoms with Crippen molar-refractivity contribution in [2.45, 2.75) is 58.5 Å². The average molecular weight is 262 g/mol. The molecule has 0 spiro atoms. The van der Waals surface area contributed by atoms with Crippen molar-refractivity contribution in [2.24, 2.45) is 11.3 Å². The molecule has 1 aromatic heterocycles. The molecule has 0 aromatic carbocycles. The summed E-state index contributed by atoms with van der Waals surface area (Å²) >= 11 is 0. The van der Waals surface area contributed by atoms with E-state index in [2.05, 4.69) is 25.8 Å². The number of nitrogens with two attached hydrogens (primary N) is 1. The van der Waals surface area contributed by atoms with E-state index in [0.717, 1.165) is 31.2 Å². The van der Waals surface area contributed by atoms with Gasteiger partial charge < -0.3 is 10.8 Å². The van der Waals surface area contributed by atoms with Crippen molar-refractivity contribution in [1.29, 1.82) is 0 Å². The smallest absolute Gasteiger partial charge is 0.0931 e. The van der Waals surface area contributed by atoms with E-state index in [4.69, 9.17) is 5.73 Å². The third-order valence-corrected chi connectivity index (χ3v) is 4.63. The summed E-state index contributed by atoms with van der Waals surface area (Å²) in [6, 6.07) is 1.78. The second-order valence-electron chi connectivity index (χ2n) is 6.99. The molecule has 1 aliphatic rings. The van der Waals surface area contributed by atoms with Crippen molar-refractivity contribution in [3.8, 4) is 0 Å². The van der Waals surface area contributed by atoms with E-state index in [9.17, 15) is 5.11 Å². The van der Waals surface area contributed by atoms with Gasteiger partial charge >= 0.3 is 0 Å². The molecule has 1 aromatic rings. The zero-order chi connectivity index (χ0) is 14.1. The second-order valence-corrected chi connectivity index (χ2v) is 6.99. The zero-order valence-corrected chi connectivity index (χ0v) is 12.3. The lowest BCUT2D eigenvalue weighted by Crippen LogP contribution is -2.27. The third kappa shape index (κ3) is 3.08. The van der Waals surface area contributed by atoms with Gasteiger partial charge in [-0.15, -0.1) is 0 Å². The summed E-state index contributed by atoms with van der Waals surface area (Å²) in [5, 5.41) is 11.0. The molecule has 2 atom stereocenters. The Morgan fingerprint density at radius 3 is 2.68 bits per heavy atom. The highest BCUT2D eigenvalue weighted by molar-refractivity contribution is 5.47. The summed E-state index contributed by atoms with van der Waals surface area (Å²) in [7, 11) is 0. The summed E-state index contributed by atoms with van der Waals surface area (Å²) in [6.07, 6.45) is 8.26. The quantitative estimate of drug-likeness (QED) is 0.762. The highest BCUT2D eigenvalue weighted by atomic mass is 16.3. The molecule has 0 bridgehead atoms. The van der Waals surface area contributed by atoms with Gasteiger partial charge in [0.2, 0.25) is 0 Å². The highest BCUT2D eigenvalue weighted by Crippen LogP contribution is 2.44. The van der Waals surface area contributed by atoms with E-state index >= 15 is 0 Å². The molecule has 0 amide bonds. The van der Waals surface area contributed by atoms with Crippen LogP contribution in [0.25, 0.3) is 0 Å². The topological polar surface area (TPSA) is 59.1 Å². The van der Waals surface area contributed by atoms with Gasteiger partial charge in [-0.2, -0.15) is 0 Å². The molecule has 19 heavy (non-hydrogen) atoms. The molecular weight excluding hydrogens is 236 g/mol. The predicted molar refractivity (Wildman–Crippen MR) is 78.6 cm³/mol. The molecule has 2 rings (SSSR count). The fourth-order valence-corrected chi connectivity index (χ4v) is 3.25. The molecule has 3 nitrogen and oxygen atoms in total. The lowest BCUT2D eigenvalue weighted by Gasteiger charge is -2.31. The first kappa shape index (κ1) is 14.3. The fourth-order valence-electron chi connectivity index (χ4n) is 3.25. The van der Waals surface area contributed by atoms with E-state index in [-0.39, 0.29) is 0 Å². The highest BCUT2D eigenvalue weighted by Gasteiger charge is 2.37. The Balaban J connectivity index is 2.20. The Bertz CT molecular complexity index is 439. The van der Waals surface area contributed by atoms with Crippen LogP contribution in [0.3, 0.4) is 0 Å². The lowest BCUT2D eigenvalue weighted by atomic mass is 9.76. The summed E-state index contributed by atoms with van der Waals surface area (Å²) in [6.45, 7) is 6.88. The Kier molecular flexibility index (Phi) is 3.86. The van der Waals surface area contributed by atoms with Crippen LogP contribution >= 0.6 is 0 Å². The molecule has 1 heterocycles. The SMILES string of the molecule is CC(C)(C)C1CCCC(O)(c2cnccc2N)CC1. The van der Waals surface area contributed by atoms with Crippen molar-refractivity contribution in [3.05, 3.63) is 24.0 Å². The maximum Gasteiger partial charge on any atom is 0.0931 e. The molecule has 3 N–H and O–H groups in total. The van der Waals surface area contributed by atoms with E-state index in [1.165, 1.54) is 6.42 Å². The third-order valence-electron chi connectivity index (χ3n) is 4.63. The summed E-state index contributed by atoms with van der Waals surface area (Å²) in [4.78, 5) is 4.12. The monoisotopic (exact) mass is 262 g/mol. The largest absolute Gasteiger partial charge is 0.398 e. The molecule has 0 radical (unpaired) electrons. The van der Waals surface area contributed by atoms with Gasteiger partial charge in [0.15, 0.2) is 0 Å². The van der Waals surface area contributed by atoms with Crippen molar-refractivity contribution < 1.29 is 5.11 Å². The Labute approximate surface area is 116 Å². The lowest BCUT2D eigenvalue weighted by molar-refractivity contribution is 0.0184. The Morgan fingerprint density at radius 1 is 1.32 bits per heavy atom. The number of nitrogen functional groups attached to an aromatic ring is 1. The molecule has 1 aliphatic carbocycles. The first-order valence-corrected chi connectivity index (χ1v) is 7.25. The Morgan fingerprint density at radius 2 is 2.05 bits per heavy atom. The number of hydrogen-bond acceptors (Lipinski definition) is 3. The van der Waals surface area contributed by atoms with Gasteiger partial charge in [0.05, 0.1) is 5.60 Å². The summed E-state index contributed by atoms with van der Waals surface area (Å²) in [5.74, 6) is 0.666. The first-order chi connectivity index (χ1) is 8.83. The maximum atomic E-state index is 11.0. The van der Waals surface area contributed by atoms with Crippen molar-refractivity contribution in [3.63, 3.8) is 0 Å². The number of hydrogen-bond donors (Lipinski definition) is 2. The van der Waals surface area contributed by atoms with Gasteiger partial charge in [-0.3, -0.25) is 4.98 Å². The van der Waals surface area contributed by atoms with Crippen LogP contribution in [0.4, 0.5) is 5.69 Å². The molecule has 3 heteroatoms. The molecule has 1 saturated carbocycles. The molecular formula is C16H26N2O. The van der Waals surface area contributed by atoms with Gasteiger partial charge in [0.25, 0.3) is 0 Å². The normalized spacial score (nSPS) is 28.9. The van der Waals surface area contributed by atoms with E-state index < -0.39 is 5.60 Å². The van der Waals surface area contributed by atoms with Gasteiger partial charge in [-0.1, -0.05) is 20.8 Å². The number of aromatic nitrogens is 1. The minimum atomic E-state index is -0.793. The van der Waals surface area contributed by atoms with Crippen molar-refractivity contribution >= 4 is 5.69 Å². The van der Waals surface area contributed by atoms with Crippen LogP contribution in [0.1, 0.15) is 58.4 Å². The van der Waals surface area contributed by atoms with Crippen LogP contribution in [0.5, 0.6) is 0 Å².